The van der Waals surface area contributed by atoms with Crippen LogP contribution in [0.5, 0.6) is 11.5 Å². The van der Waals surface area contributed by atoms with E-state index in [-0.39, 0.29) is 11.9 Å². The van der Waals surface area contributed by atoms with Crippen LogP contribution in [-0.2, 0) is 4.74 Å². The van der Waals surface area contributed by atoms with Crippen LogP contribution >= 0.6 is 0 Å². The molecule has 212 valence electrons. The Kier molecular flexibility index (Phi) is 8.98. The van der Waals surface area contributed by atoms with Gasteiger partial charge in [0.1, 0.15) is 11.5 Å². The van der Waals surface area contributed by atoms with Crippen molar-refractivity contribution in [2.75, 3.05) is 42.6 Å². The number of anilines is 2. The third-order valence-electron chi connectivity index (χ3n) is 8.47. The van der Waals surface area contributed by atoms with E-state index in [0.29, 0.717) is 12.2 Å². The van der Waals surface area contributed by atoms with Crippen molar-refractivity contribution in [3.05, 3.63) is 82.4 Å². The smallest absolute Gasteiger partial charge is 0.338 e. The van der Waals surface area contributed by atoms with Crippen molar-refractivity contribution in [2.24, 2.45) is 0 Å². The minimum atomic E-state index is -0.242. The summed E-state index contributed by atoms with van der Waals surface area (Å²) in [4.78, 5) is 18.3. The van der Waals surface area contributed by atoms with Crippen LogP contribution in [0, 0.1) is 6.92 Å². The molecule has 1 unspecified atom stereocenters. The average Bonchev–Trinajstić information content (AvgIpc) is 3.51. The van der Waals surface area contributed by atoms with Crippen molar-refractivity contribution in [2.45, 2.75) is 72.1 Å². The molecule has 2 aliphatic rings. The highest BCUT2D eigenvalue weighted by Gasteiger charge is 2.33. The molecule has 2 aliphatic heterocycles. The molecule has 0 radical (unpaired) electrons. The van der Waals surface area contributed by atoms with Gasteiger partial charge in [0.2, 0.25) is 0 Å². The summed E-state index contributed by atoms with van der Waals surface area (Å²) >= 11 is 0. The maximum Gasteiger partial charge on any atom is 0.338 e. The SMILES string of the molecule is CCCCCCOC(=O)c1ccccc1C1c2ccc(N(CC)CC)cc2Oc2cc(C)c(N3CCCC3)cc21. The predicted octanol–water partition coefficient (Wildman–Crippen LogP) is 8.46. The Bertz CT molecular complexity index is 1320. The molecule has 0 saturated carbocycles. The highest BCUT2D eigenvalue weighted by Crippen LogP contribution is 2.51. The zero-order valence-electron chi connectivity index (χ0n) is 24.7. The van der Waals surface area contributed by atoms with E-state index in [4.69, 9.17) is 9.47 Å². The normalized spacial score (nSPS) is 15.8. The second kappa shape index (κ2) is 12.8. The lowest BCUT2D eigenvalue weighted by atomic mass is 9.80. The fourth-order valence-corrected chi connectivity index (χ4v) is 6.26. The van der Waals surface area contributed by atoms with E-state index in [1.807, 2.05) is 18.2 Å². The van der Waals surface area contributed by atoms with Gasteiger partial charge in [-0.3, -0.25) is 0 Å². The first-order valence-electron chi connectivity index (χ1n) is 15.3. The second-order valence-electron chi connectivity index (χ2n) is 11.1. The number of aryl methyl sites for hydroxylation is 1. The van der Waals surface area contributed by atoms with Gasteiger partial charge in [0, 0.05) is 60.7 Å². The van der Waals surface area contributed by atoms with Crippen LogP contribution in [0.4, 0.5) is 11.4 Å². The Balaban J connectivity index is 1.59. The van der Waals surface area contributed by atoms with Crippen molar-refractivity contribution >= 4 is 17.3 Å². The lowest BCUT2D eigenvalue weighted by Crippen LogP contribution is -2.23. The van der Waals surface area contributed by atoms with Gasteiger partial charge >= 0.3 is 5.97 Å². The van der Waals surface area contributed by atoms with Gasteiger partial charge in [0.05, 0.1) is 12.2 Å². The lowest BCUT2D eigenvalue weighted by molar-refractivity contribution is 0.0496. The molecule has 5 nitrogen and oxygen atoms in total. The number of carbonyl (C=O) groups is 1. The molecule has 2 heterocycles. The molecular formula is C35H44N2O3. The summed E-state index contributed by atoms with van der Waals surface area (Å²) in [5.74, 6) is 1.36. The molecular weight excluding hydrogens is 496 g/mol. The fraction of sp³-hybridized carbons (Fsp3) is 0.457. The van der Waals surface area contributed by atoms with Crippen LogP contribution in [0.25, 0.3) is 0 Å². The van der Waals surface area contributed by atoms with E-state index in [1.54, 1.807) is 0 Å². The van der Waals surface area contributed by atoms with Gasteiger partial charge in [-0.2, -0.15) is 0 Å². The zero-order valence-corrected chi connectivity index (χ0v) is 24.7. The maximum atomic E-state index is 13.4. The summed E-state index contributed by atoms with van der Waals surface area (Å²) < 4.78 is 12.4. The number of unbranched alkanes of at least 4 members (excludes halogenated alkanes) is 3. The van der Waals surface area contributed by atoms with E-state index >= 15 is 0 Å². The summed E-state index contributed by atoms with van der Waals surface area (Å²) in [6.07, 6.45) is 6.75. The number of ether oxygens (including phenoxy) is 2. The summed E-state index contributed by atoms with van der Waals surface area (Å²) in [6.45, 7) is 13.2. The highest BCUT2D eigenvalue weighted by molar-refractivity contribution is 5.92. The van der Waals surface area contributed by atoms with Gasteiger partial charge in [-0.05, 0) is 75.4 Å². The van der Waals surface area contributed by atoms with Crippen LogP contribution in [0.3, 0.4) is 0 Å². The Morgan fingerprint density at radius 2 is 1.65 bits per heavy atom. The number of carbonyl (C=O) groups excluding carboxylic acids is 1. The van der Waals surface area contributed by atoms with E-state index in [0.717, 1.165) is 85.7 Å². The molecule has 0 amide bonds. The monoisotopic (exact) mass is 540 g/mol. The van der Waals surface area contributed by atoms with Crippen molar-refractivity contribution in [1.29, 1.82) is 0 Å². The van der Waals surface area contributed by atoms with Gasteiger partial charge in [0.25, 0.3) is 0 Å². The molecule has 1 atom stereocenters. The number of fused-ring (bicyclic) bond motifs is 2. The largest absolute Gasteiger partial charge is 0.462 e. The molecule has 40 heavy (non-hydrogen) atoms. The molecule has 1 fully saturated rings. The van der Waals surface area contributed by atoms with Gasteiger partial charge in [0.15, 0.2) is 0 Å². The van der Waals surface area contributed by atoms with Crippen LogP contribution in [0.15, 0.2) is 54.6 Å². The van der Waals surface area contributed by atoms with Gasteiger partial charge in [-0.1, -0.05) is 50.5 Å². The number of hydrogen-bond donors (Lipinski definition) is 0. The van der Waals surface area contributed by atoms with E-state index < -0.39 is 0 Å². The second-order valence-corrected chi connectivity index (χ2v) is 11.1. The van der Waals surface area contributed by atoms with Crippen molar-refractivity contribution < 1.29 is 14.3 Å². The molecule has 0 N–H and O–H groups in total. The average molecular weight is 541 g/mol. The molecule has 1 saturated heterocycles. The van der Waals surface area contributed by atoms with Gasteiger partial charge in [-0.25, -0.2) is 4.79 Å². The first kappa shape index (κ1) is 28.1. The third-order valence-corrected chi connectivity index (χ3v) is 8.47. The minimum Gasteiger partial charge on any atom is -0.462 e. The number of rotatable bonds is 11. The third kappa shape index (κ3) is 5.70. The predicted molar refractivity (Wildman–Crippen MR) is 165 cm³/mol. The van der Waals surface area contributed by atoms with Gasteiger partial charge in [-0.15, -0.1) is 0 Å². The van der Waals surface area contributed by atoms with E-state index in [9.17, 15) is 4.79 Å². The molecule has 5 rings (SSSR count). The molecule has 0 aliphatic carbocycles. The standard InChI is InChI=1S/C35H44N2O3/c1-5-8-9-14-21-39-35(38)28-16-11-10-15-27(28)34-29-18-17-26(36(6-2)7-3)23-33(29)40-32-22-25(4)31(24-30(32)34)37-19-12-13-20-37/h10-11,15-18,22-24,34H,5-9,12-14,19-21H2,1-4H3. The van der Waals surface area contributed by atoms with Gasteiger partial charge < -0.3 is 19.3 Å². The number of esters is 1. The summed E-state index contributed by atoms with van der Waals surface area (Å²) in [7, 11) is 0. The quantitative estimate of drug-likeness (QED) is 0.141. The zero-order chi connectivity index (χ0) is 28.1. The molecule has 0 spiro atoms. The van der Waals surface area contributed by atoms with Crippen molar-refractivity contribution in [3.8, 4) is 11.5 Å². The summed E-state index contributed by atoms with van der Waals surface area (Å²) in [5, 5.41) is 0. The first-order chi connectivity index (χ1) is 19.5. The molecule has 0 bridgehead atoms. The topological polar surface area (TPSA) is 42.0 Å². The summed E-state index contributed by atoms with van der Waals surface area (Å²) in [5.41, 5.74) is 7.45. The lowest BCUT2D eigenvalue weighted by Gasteiger charge is -2.33. The summed E-state index contributed by atoms with van der Waals surface area (Å²) in [6, 6.07) is 19.0. The molecule has 3 aromatic carbocycles. The van der Waals surface area contributed by atoms with Crippen LogP contribution in [-0.4, -0.2) is 38.8 Å². The highest BCUT2D eigenvalue weighted by atomic mass is 16.5. The molecule has 0 aromatic heterocycles. The maximum absolute atomic E-state index is 13.4. The number of nitrogens with zero attached hydrogens (tertiary/aromatic N) is 2. The molecule has 3 aromatic rings. The molecule has 5 heteroatoms. The Morgan fingerprint density at radius 3 is 2.40 bits per heavy atom. The number of hydrogen-bond acceptors (Lipinski definition) is 5. The van der Waals surface area contributed by atoms with Crippen LogP contribution < -0.4 is 14.5 Å². The Hall–Kier alpha value is -3.47. The Labute approximate surface area is 240 Å². The van der Waals surface area contributed by atoms with Crippen molar-refractivity contribution in [3.63, 3.8) is 0 Å². The number of benzene rings is 3. The van der Waals surface area contributed by atoms with Crippen LogP contribution in [0.2, 0.25) is 0 Å². The van der Waals surface area contributed by atoms with E-state index in [2.05, 4.69) is 73.9 Å². The minimum absolute atomic E-state index is 0.129. The first-order valence-corrected chi connectivity index (χ1v) is 15.3. The Morgan fingerprint density at radius 1 is 0.900 bits per heavy atom. The van der Waals surface area contributed by atoms with Crippen molar-refractivity contribution in [1.82, 2.24) is 0 Å². The van der Waals surface area contributed by atoms with Crippen LogP contribution in [0.1, 0.15) is 97.8 Å². The fourth-order valence-electron chi connectivity index (χ4n) is 6.26. The van der Waals surface area contributed by atoms with E-state index in [1.165, 1.54) is 24.1 Å².